The van der Waals surface area contributed by atoms with Gasteiger partial charge >= 0.3 is 0 Å². The van der Waals surface area contributed by atoms with Crippen molar-refractivity contribution >= 4 is 15.7 Å². The van der Waals surface area contributed by atoms with Gasteiger partial charge < -0.3 is 14.6 Å². The van der Waals surface area contributed by atoms with E-state index in [4.69, 9.17) is 4.42 Å². The number of likely N-dealkylation sites (tertiary alicyclic amines) is 1. The smallest absolute Gasteiger partial charge is 0.287 e. The first-order valence-corrected chi connectivity index (χ1v) is 10.4. The predicted octanol–water partition coefficient (Wildman–Crippen LogP) is 1.54. The Kier molecular flexibility index (Phi) is 5.01. The first kappa shape index (κ1) is 17.5. The van der Waals surface area contributed by atoms with Gasteiger partial charge in [-0.25, -0.2) is 8.42 Å². The number of nitrogens with one attached hydrogen (secondary N) is 1. The number of carbonyl (C=O) groups excluding carboxylic acids is 1. The van der Waals surface area contributed by atoms with E-state index in [0.29, 0.717) is 18.9 Å². The van der Waals surface area contributed by atoms with Crippen LogP contribution in [-0.2, 0) is 9.84 Å². The molecule has 7 heteroatoms. The third kappa shape index (κ3) is 3.67. The van der Waals surface area contributed by atoms with Gasteiger partial charge in [-0.05, 0) is 37.4 Å². The average molecular weight is 354 g/mol. The fourth-order valence-electron chi connectivity index (χ4n) is 3.75. The van der Waals surface area contributed by atoms with Gasteiger partial charge in [-0.2, -0.15) is 0 Å². The largest absolute Gasteiger partial charge is 0.459 e. The first-order chi connectivity index (χ1) is 11.4. The van der Waals surface area contributed by atoms with E-state index in [-0.39, 0.29) is 34.6 Å². The van der Waals surface area contributed by atoms with Gasteiger partial charge in [0, 0.05) is 25.0 Å². The van der Waals surface area contributed by atoms with Crippen molar-refractivity contribution in [3.05, 3.63) is 24.2 Å². The molecule has 1 aromatic rings. The molecule has 3 heterocycles. The second-order valence-corrected chi connectivity index (χ2v) is 9.70. The molecule has 0 unspecified atom stereocenters. The van der Waals surface area contributed by atoms with E-state index in [1.807, 2.05) is 0 Å². The maximum Gasteiger partial charge on any atom is 0.287 e. The summed E-state index contributed by atoms with van der Waals surface area (Å²) in [5.74, 6) is 0.724. The molecule has 0 bridgehead atoms. The number of furan rings is 1. The van der Waals surface area contributed by atoms with Crippen molar-refractivity contribution in [3.63, 3.8) is 0 Å². The zero-order chi connectivity index (χ0) is 17.3. The van der Waals surface area contributed by atoms with Gasteiger partial charge in [0.05, 0.1) is 17.3 Å². The number of hydrogen-bond donors (Lipinski definition) is 1. The molecule has 1 aromatic heterocycles. The highest BCUT2D eigenvalue weighted by Crippen LogP contribution is 2.33. The molecule has 0 saturated carbocycles. The van der Waals surface area contributed by atoms with Gasteiger partial charge in [0.15, 0.2) is 15.6 Å². The Morgan fingerprint density at radius 2 is 2.21 bits per heavy atom. The van der Waals surface area contributed by atoms with Gasteiger partial charge in [0.1, 0.15) is 0 Å². The van der Waals surface area contributed by atoms with Crippen molar-refractivity contribution in [2.75, 3.05) is 25.4 Å². The molecule has 3 rings (SSSR count). The third-order valence-electron chi connectivity index (χ3n) is 5.16. The lowest BCUT2D eigenvalue weighted by Crippen LogP contribution is -2.51. The van der Waals surface area contributed by atoms with Crippen LogP contribution in [0.25, 0.3) is 0 Å². The highest BCUT2D eigenvalue weighted by atomic mass is 32.2. The SMILES string of the molecule is CC(C)CCN1C[C@@H]2[C@@H](NC(=O)c3ccco3)CCS(=O)(=O)[C@@H]2C1. The van der Waals surface area contributed by atoms with Crippen LogP contribution < -0.4 is 5.32 Å². The van der Waals surface area contributed by atoms with Crippen molar-refractivity contribution in [2.45, 2.75) is 38.0 Å². The Bertz CT molecular complexity index is 669. The van der Waals surface area contributed by atoms with Crippen LogP contribution in [0.15, 0.2) is 22.8 Å². The van der Waals surface area contributed by atoms with Crippen LogP contribution in [0.4, 0.5) is 0 Å². The molecule has 1 amide bonds. The van der Waals surface area contributed by atoms with Crippen LogP contribution in [0.5, 0.6) is 0 Å². The van der Waals surface area contributed by atoms with Crippen molar-refractivity contribution in [1.29, 1.82) is 0 Å². The topological polar surface area (TPSA) is 79.6 Å². The zero-order valence-corrected chi connectivity index (χ0v) is 15.1. The predicted molar refractivity (Wildman–Crippen MR) is 91.5 cm³/mol. The van der Waals surface area contributed by atoms with Crippen LogP contribution in [0.3, 0.4) is 0 Å². The summed E-state index contributed by atoms with van der Waals surface area (Å²) in [4.78, 5) is 14.5. The lowest BCUT2D eigenvalue weighted by molar-refractivity contribution is 0.0891. The quantitative estimate of drug-likeness (QED) is 0.868. The lowest BCUT2D eigenvalue weighted by Gasteiger charge is -2.33. The summed E-state index contributed by atoms with van der Waals surface area (Å²) in [5.41, 5.74) is 0. The number of fused-ring (bicyclic) bond motifs is 1. The molecule has 2 aliphatic heterocycles. The van der Waals surface area contributed by atoms with Gasteiger partial charge in [-0.15, -0.1) is 0 Å². The van der Waals surface area contributed by atoms with Crippen LogP contribution in [-0.4, -0.2) is 55.9 Å². The molecule has 0 spiro atoms. The maximum atomic E-state index is 12.4. The molecule has 3 atom stereocenters. The molecular formula is C17H26N2O4S. The number of rotatable bonds is 5. The van der Waals surface area contributed by atoms with E-state index in [1.165, 1.54) is 6.26 Å². The Morgan fingerprint density at radius 1 is 1.42 bits per heavy atom. The Labute approximate surface area is 143 Å². The van der Waals surface area contributed by atoms with Crippen molar-refractivity contribution in [3.8, 4) is 0 Å². The van der Waals surface area contributed by atoms with Crippen LogP contribution >= 0.6 is 0 Å². The minimum absolute atomic E-state index is 0.0326. The second-order valence-electron chi connectivity index (χ2n) is 7.36. The second kappa shape index (κ2) is 6.88. The molecule has 2 aliphatic rings. The fraction of sp³-hybridized carbons (Fsp3) is 0.706. The molecule has 134 valence electrons. The van der Waals surface area contributed by atoms with Crippen molar-refractivity contribution in [1.82, 2.24) is 10.2 Å². The summed E-state index contributed by atoms with van der Waals surface area (Å²) in [5, 5.41) is 2.63. The Hall–Kier alpha value is -1.34. The van der Waals surface area contributed by atoms with E-state index < -0.39 is 9.84 Å². The molecule has 0 aromatic carbocycles. The summed E-state index contributed by atoms with van der Waals surface area (Å²) >= 11 is 0. The molecule has 24 heavy (non-hydrogen) atoms. The first-order valence-electron chi connectivity index (χ1n) is 8.65. The summed E-state index contributed by atoms with van der Waals surface area (Å²) in [6.07, 6.45) is 3.00. The van der Waals surface area contributed by atoms with Crippen molar-refractivity contribution in [2.24, 2.45) is 11.8 Å². The summed E-state index contributed by atoms with van der Waals surface area (Å²) < 4.78 is 30.0. The number of hydrogen-bond acceptors (Lipinski definition) is 5. The maximum absolute atomic E-state index is 12.4. The minimum atomic E-state index is -3.07. The van der Waals surface area contributed by atoms with Crippen molar-refractivity contribution < 1.29 is 17.6 Å². The Balaban J connectivity index is 1.69. The zero-order valence-electron chi connectivity index (χ0n) is 14.3. The summed E-state index contributed by atoms with van der Waals surface area (Å²) in [6, 6.07) is 3.18. The number of amides is 1. The van der Waals surface area contributed by atoms with Gasteiger partial charge in [0.2, 0.25) is 0 Å². The standard InChI is InChI=1S/C17H26N2O4S/c1-12(2)5-7-19-10-13-14(6-9-24(21,22)16(13)11-19)18-17(20)15-4-3-8-23-15/h3-4,8,12-14,16H,5-7,9-11H2,1-2H3,(H,18,20)/t13-,14+,16-/m1/s1. The molecule has 6 nitrogen and oxygen atoms in total. The van der Waals surface area contributed by atoms with E-state index in [1.54, 1.807) is 12.1 Å². The monoisotopic (exact) mass is 354 g/mol. The summed E-state index contributed by atoms with van der Waals surface area (Å²) in [7, 11) is -3.07. The minimum Gasteiger partial charge on any atom is -0.459 e. The van der Waals surface area contributed by atoms with Crippen LogP contribution in [0.1, 0.15) is 37.2 Å². The van der Waals surface area contributed by atoms with Crippen LogP contribution in [0, 0.1) is 11.8 Å². The third-order valence-corrected chi connectivity index (χ3v) is 7.39. The van der Waals surface area contributed by atoms with E-state index in [2.05, 4.69) is 24.1 Å². The van der Waals surface area contributed by atoms with E-state index >= 15 is 0 Å². The van der Waals surface area contributed by atoms with Gasteiger partial charge in [-0.3, -0.25) is 4.79 Å². The lowest BCUT2D eigenvalue weighted by atomic mass is 9.95. The molecule has 0 radical (unpaired) electrons. The molecule has 2 fully saturated rings. The molecule has 2 saturated heterocycles. The van der Waals surface area contributed by atoms with E-state index in [0.717, 1.165) is 19.5 Å². The van der Waals surface area contributed by atoms with Gasteiger partial charge in [0.25, 0.3) is 5.91 Å². The fourth-order valence-corrected chi connectivity index (χ4v) is 5.88. The molecular weight excluding hydrogens is 328 g/mol. The highest BCUT2D eigenvalue weighted by Gasteiger charge is 2.48. The summed E-state index contributed by atoms with van der Waals surface area (Å²) in [6.45, 7) is 6.59. The Morgan fingerprint density at radius 3 is 2.88 bits per heavy atom. The number of carbonyl (C=O) groups is 1. The molecule has 0 aliphatic carbocycles. The van der Waals surface area contributed by atoms with Crippen LogP contribution in [0.2, 0.25) is 0 Å². The van der Waals surface area contributed by atoms with E-state index in [9.17, 15) is 13.2 Å². The highest BCUT2D eigenvalue weighted by molar-refractivity contribution is 7.92. The van der Waals surface area contributed by atoms with Gasteiger partial charge in [-0.1, -0.05) is 13.8 Å². The average Bonchev–Trinajstić information content (AvgIpc) is 3.17. The number of sulfone groups is 1. The number of nitrogens with zero attached hydrogens (tertiary/aromatic N) is 1. The normalized spacial score (nSPS) is 29.5. The molecule has 1 N–H and O–H groups in total.